The highest BCUT2D eigenvalue weighted by Gasteiger charge is 2.37. The summed E-state index contributed by atoms with van der Waals surface area (Å²) >= 11 is 0. The first-order chi connectivity index (χ1) is 9.53. The lowest BCUT2D eigenvalue weighted by molar-refractivity contribution is -0.136. The lowest BCUT2D eigenvalue weighted by Gasteiger charge is -2.43. The number of hydrogen-bond acceptors (Lipinski definition) is 3. The van der Waals surface area contributed by atoms with Crippen LogP contribution in [0.3, 0.4) is 0 Å². The number of carboxylic acid groups (broad SMARTS) is 1. The Kier molecular flexibility index (Phi) is 4.78. The van der Waals surface area contributed by atoms with E-state index in [2.05, 4.69) is 11.9 Å². The van der Waals surface area contributed by atoms with Gasteiger partial charge in [-0.1, -0.05) is 30.7 Å². The van der Waals surface area contributed by atoms with Crippen molar-refractivity contribution in [2.45, 2.75) is 32.2 Å². The quantitative estimate of drug-likeness (QED) is 0.799. The van der Waals surface area contributed by atoms with E-state index in [0.29, 0.717) is 0 Å². The minimum atomic E-state index is -0.801. The highest BCUT2D eigenvalue weighted by atomic mass is 16.4. The minimum absolute atomic E-state index is 0.0732. The predicted octanol–water partition coefficient (Wildman–Crippen LogP) is 1.91. The number of carbonyl (C=O) groups is 1. The number of aliphatic carboxylic acids is 1. The number of rotatable bonds is 7. The summed E-state index contributed by atoms with van der Waals surface area (Å²) in [6.45, 7) is 2.02. The summed E-state index contributed by atoms with van der Waals surface area (Å²) < 4.78 is 0. The zero-order valence-corrected chi connectivity index (χ0v) is 12.0. The molecule has 0 spiro atoms. The van der Waals surface area contributed by atoms with E-state index in [9.17, 15) is 9.90 Å². The fraction of sp³-hybridized carbons (Fsp3) is 0.562. The molecule has 1 aliphatic carbocycles. The molecule has 1 saturated carbocycles. The molecule has 0 aliphatic heterocycles. The highest BCUT2D eigenvalue weighted by molar-refractivity contribution is 5.70. The molecule has 1 fully saturated rings. The molecular formula is C16H23NO3. The average Bonchev–Trinajstić information content (AvgIpc) is 2.36. The maximum Gasteiger partial charge on any atom is 0.307 e. The Morgan fingerprint density at radius 2 is 1.85 bits per heavy atom. The zero-order valence-electron chi connectivity index (χ0n) is 12.0. The molecule has 1 aromatic rings. The molecule has 1 aromatic carbocycles. The van der Waals surface area contributed by atoms with E-state index in [-0.39, 0.29) is 18.4 Å². The maximum atomic E-state index is 10.6. The van der Waals surface area contributed by atoms with E-state index in [0.717, 1.165) is 31.5 Å². The van der Waals surface area contributed by atoms with Gasteiger partial charge in [-0.2, -0.15) is 0 Å². The van der Waals surface area contributed by atoms with E-state index >= 15 is 0 Å². The topological polar surface area (TPSA) is 60.8 Å². The monoisotopic (exact) mass is 277 g/mol. The van der Waals surface area contributed by atoms with Crippen LogP contribution >= 0.6 is 0 Å². The third-order valence-corrected chi connectivity index (χ3v) is 4.19. The summed E-state index contributed by atoms with van der Waals surface area (Å²) in [5.74, 6) is -0.801. The van der Waals surface area contributed by atoms with E-state index in [1.54, 1.807) is 0 Å². The van der Waals surface area contributed by atoms with Crippen LogP contribution in [0.25, 0.3) is 0 Å². The number of nitrogens with zero attached hydrogens (tertiary/aromatic N) is 1. The molecule has 0 saturated heterocycles. The number of aliphatic hydroxyl groups is 1. The SMILES string of the molecule is CN(Cc1ccc(CC(=O)O)cc1)CC1(CO)CCC1. The molecule has 0 atom stereocenters. The Morgan fingerprint density at radius 3 is 2.30 bits per heavy atom. The van der Waals surface area contributed by atoms with Crippen LogP contribution < -0.4 is 0 Å². The van der Waals surface area contributed by atoms with Crippen LogP contribution in [0.1, 0.15) is 30.4 Å². The van der Waals surface area contributed by atoms with E-state index in [1.165, 1.54) is 12.0 Å². The van der Waals surface area contributed by atoms with Gasteiger partial charge in [-0.15, -0.1) is 0 Å². The largest absolute Gasteiger partial charge is 0.481 e. The van der Waals surface area contributed by atoms with Crippen LogP contribution in [0.5, 0.6) is 0 Å². The Hall–Kier alpha value is -1.39. The number of carboxylic acids is 1. The summed E-state index contributed by atoms with van der Waals surface area (Å²) in [4.78, 5) is 12.9. The van der Waals surface area contributed by atoms with Crippen molar-refractivity contribution in [3.05, 3.63) is 35.4 Å². The van der Waals surface area contributed by atoms with Gasteiger partial charge >= 0.3 is 5.97 Å². The highest BCUT2D eigenvalue weighted by Crippen LogP contribution is 2.40. The zero-order chi connectivity index (χ0) is 14.6. The number of benzene rings is 1. The molecule has 0 unspecified atom stereocenters. The molecule has 0 radical (unpaired) electrons. The summed E-state index contributed by atoms with van der Waals surface area (Å²) in [5, 5.41) is 18.2. The summed E-state index contributed by atoms with van der Waals surface area (Å²) in [6, 6.07) is 7.73. The van der Waals surface area contributed by atoms with Crippen molar-refractivity contribution < 1.29 is 15.0 Å². The summed E-state index contributed by atoms with van der Waals surface area (Å²) in [5.41, 5.74) is 2.11. The van der Waals surface area contributed by atoms with Crippen molar-refractivity contribution in [2.24, 2.45) is 5.41 Å². The Morgan fingerprint density at radius 1 is 1.25 bits per heavy atom. The molecular weight excluding hydrogens is 254 g/mol. The minimum Gasteiger partial charge on any atom is -0.481 e. The second-order valence-corrected chi connectivity index (χ2v) is 6.07. The first kappa shape index (κ1) is 15.0. The summed E-state index contributed by atoms with van der Waals surface area (Å²) in [6.07, 6.45) is 3.53. The molecule has 0 bridgehead atoms. The molecule has 110 valence electrons. The van der Waals surface area contributed by atoms with Crippen molar-refractivity contribution in [1.82, 2.24) is 4.90 Å². The third-order valence-electron chi connectivity index (χ3n) is 4.19. The van der Waals surface area contributed by atoms with Gasteiger partial charge in [-0.05, 0) is 31.0 Å². The second-order valence-electron chi connectivity index (χ2n) is 6.07. The van der Waals surface area contributed by atoms with Crippen molar-refractivity contribution in [3.63, 3.8) is 0 Å². The van der Waals surface area contributed by atoms with Crippen LogP contribution in [0, 0.1) is 5.41 Å². The van der Waals surface area contributed by atoms with Gasteiger partial charge in [-0.3, -0.25) is 4.79 Å². The Balaban J connectivity index is 1.87. The fourth-order valence-corrected chi connectivity index (χ4v) is 2.92. The van der Waals surface area contributed by atoms with Gasteiger partial charge in [0.05, 0.1) is 6.42 Å². The standard InChI is InChI=1S/C16H23NO3/c1-17(11-16(12-18)7-2-8-16)10-14-5-3-13(4-6-14)9-15(19)20/h3-6,18H,2,7-12H2,1H3,(H,19,20). The van der Waals surface area contributed by atoms with E-state index in [1.807, 2.05) is 24.3 Å². The lowest BCUT2D eigenvalue weighted by atomic mass is 9.69. The number of aliphatic hydroxyl groups excluding tert-OH is 1. The first-order valence-electron chi connectivity index (χ1n) is 7.12. The maximum absolute atomic E-state index is 10.6. The molecule has 0 heterocycles. The molecule has 2 N–H and O–H groups in total. The van der Waals surface area contributed by atoms with Gasteiger partial charge in [-0.25, -0.2) is 0 Å². The van der Waals surface area contributed by atoms with Gasteiger partial charge in [0.1, 0.15) is 0 Å². The Bertz CT molecular complexity index is 446. The molecule has 0 amide bonds. The normalized spacial score (nSPS) is 16.9. The van der Waals surface area contributed by atoms with Crippen molar-refractivity contribution in [1.29, 1.82) is 0 Å². The third kappa shape index (κ3) is 3.81. The smallest absolute Gasteiger partial charge is 0.307 e. The van der Waals surface area contributed by atoms with Crippen LogP contribution in [-0.4, -0.2) is 41.3 Å². The first-order valence-corrected chi connectivity index (χ1v) is 7.12. The van der Waals surface area contributed by atoms with Gasteiger partial charge in [0.2, 0.25) is 0 Å². The van der Waals surface area contributed by atoms with Crippen molar-refractivity contribution in [2.75, 3.05) is 20.2 Å². The van der Waals surface area contributed by atoms with Gasteiger partial charge in [0, 0.05) is 25.1 Å². The molecule has 0 aromatic heterocycles. The van der Waals surface area contributed by atoms with Crippen molar-refractivity contribution in [3.8, 4) is 0 Å². The molecule has 20 heavy (non-hydrogen) atoms. The molecule has 2 rings (SSSR count). The lowest BCUT2D eigenvalue weighted by Crippen LogP contribution is -2.43. The second kappa shape index (κ2) is 6.37. The van der Waals surface area contributed by atoms with Gasteiger partial charge in [0.15, 0.2) is 0 Å². The molecule has 1 aliphatic rings. The van der Waals surface area contributed by atoms with E-state index < -0.39 is 5.97 Å². The van der Waals surface area contributed by atoms with Gasteiger partial charge < -0.3 is 15.1 Å². The molecule has 4 nitrogen and oxygen atoms in total. The van der Waals surface area contributed by atoms with Crippen molar-refractivity contribution >= 4 is 5.97 Å². The van der Waals surface area contributed by atoms with Crippen LogP contribution in [-0.2, 0) is 17.8 Å². The average molecular weight is 277 g/mol. The number of hydrogen-bond donors (Lipinski definition) is 2. The van der Waals surface area contributed by atoms with Gasteiger partial charge in [0.25, 0.3) is 0 Å². The fourth-order valence-electron chi connectivity index (χ4n) is 2.92. The molecule has 4 heteroatoms. The Labute approximate surface area is 120 Å². The van der Waals surface area contributed by atoms with Crippen LogP contribution in [0.4, 0.5) is 0 Å². The van der Waals surface area contributed by atoms with Crippen LogP contribution in [0.2, 0.25) is 0 Å². The van der Waals surface area contributed by atoms with Crippen LogP contribution in [0.15, 0.2) is 24.3 Å². The van der Waals surface area contributed by atoms with E-state index in [4.69, 9.17) is 5.11 Å². The predicted molar refractivity (Wildman–Crippen MR) is 77.5 cm³/mol. The summed E-state index contributed by atoms with van der Waals surface area (Å²) in [7, 11) is 2.07.